The summed E-state index contributed by atoms with van der Waals surface area (Å²) in [7, 11) is 0. The van der Waals surface area contributed by atoms with E-state index in [1.807, 2.05) is 0 Å². The molecule has 0 unspecified atom stereocenters. The number of nitrogens with zero attached hydrogens (tertiary/aromatic N) is 1. The van der Waals surface area contributed by atoms with E-state index in [0.717, 1.165) is 0 Å². The molecule has 1 N–H and O–H groups in total. The van der Waals surface area contributed by atoms with E-state index < -0.39 is 6.92 Å². The number of allylic oxidation sites excluding steroid dienone is 1. The lowest BCUT2D eigenvalue weighted by Crippen LogP contribution is -2.09. The smallest absolute Gasteiger partial charge is 0.321 e. The van der Waals surface area contributed by atoms with Gasteiger partial charge in [-0.05, 0) is 5.47 Å². The predicted octanol–water partition coefficient (Wildman–Crippen LogP) is 0.910. The van der Waals surface area contributed by atoms with Crippen molar-refractivity contribution in [3.05, 3.63) is 24.8 Å². The van der Waals surface area contributed by atoms with E-state index in [4.69, 9.17) is 5.02 Å². The molecule has 0 aromatic carbocycles. The summed E-state index contributed by atoms with van der Waals surface area (Å²) in [5.74, 6) is 0. The molecule has 0 aliphatic rings. The molecule has 0 atom stereocenters. The van der Waals surface area contributed by atoms with Gasteiger partial charge in [0.25, 0.3) is 0 Å². The van der Waals surface area contributed by atoms with Crippen LogP contribution >= 0.6 is 0 Å². The summed E-state index contributed by atoms with van der Waals surface area (Å²) in [6.45, 7) is 8.03. The second-order valence-corrected chi connectivity index (χ2v) is 1.71. The average Bonchev–Trinajstić information content (AvgIpc) is 1.82. The van der Waals surface area contributed by atoms with Gasteiger partial charge < -0.3 is 5.02 Å². The molecule has 0 radical (unpaired) electrons. The molecule has 0 aliphatic heterocycles. The normalized spacial score (nSPS) is 9.56. The van der Waals surface area contributed by atoms with Crippen LogP contribution in [0.2, 0.25) is 6.82 Å². The second kappa shape index (κ2) is 4.09. The second-order valence-electron chi connectivity index (χ2n) is 1.71. The molecule has 9 heavy (non-hydrogen) atoms. The molecular weight excluding hydrogens is 113 g/mol. The maximum absolute atomic E-state index is 8.82. The molecule has 2 nitrogen and oxygen atoms in total. The lowest BCUT2D eigenvalue weighted by atomic mass is 9.65. The van der Waals surface area contributed by atoms with Crippen molar-refractivity contribution in [1.29, 1.82) is 0 Å². The highest BCUT2D eigenvalue weighted by Gasteiger charge is 2.02. The van der Waals surface area contributed by atoms with E-state index in [0.29, 0.717) is 5.47 Å². The van der Waals surface area contributed by atoms with Crippen molar-refractivity contribution in [3.8, 4) is 0 Å². The summed E-state index contributed by atoms with van der Waals surface area (Å²) in [5.41, 5.74) is 0.593. The van der Waals surface area contributed by atoms with Gasteiger partial charge in [0, 0.05) is 12.4 Å². The Morgan fingerprint density at radius 3 is 2.67 bits per heavy atom. The minimum absolute atomic E-state index is 0.520. The summed E-state index contributed by atoms with van der Waals surface area (Å²) in [6, 6.07) is 0. The molecule has 0 fully saturated rings. The van der Waals surface area contributed by atoms with Gasteiger partial charge in [-0.2, -0.15) is 0 Å². The fraction of sp³-hybridized carbons (Fsp3) is 0.167. The van der Waals surface area contributed by atoms with Crippen LogP contribution in [-0.2, 0) is 0 Å². The largest absolute Gasteiger partial charge is 0.446 e. The lowest BCUT2D eigenvalue weighted by Gasteiger charge is -1.93. The Labute approximate surface area is 55.7 Å². The zero-order valence-corrected chi connectivity index (χ0v) is 5.54. The Bertz CT molecular complexity index is 140. The third kappa shape index (κ3) is 3.73. The number of hydrogen-bond acceptors (Lipinski definition) is 2. The first-order valence-corrected chi connectivity index (χ1v) is 2.69. The maximum Gasteiger partial charge on any atom is 0.321 e. The van der Waals surface area contributed by atoms with Crippen LogP contribution in [0.5, 0.6) is 0 Å². The first-order chi connectivity index (χ1) is 4.18. The standard InChI is InChI=1S/C6H10BNO/c1-4-8-5-6(2)7(3)9/h4-5,9H,1-2H2,3H3. The molecular formula is C6H10BNO. The molecule has 0 aromatic rings. The van der Waals surface area contributed by atoms with Crippen LogP contribution in [0.25, 0.3) is 0 Å². The topological polar surface area (TPSA) is 32.6 Å². The van der Waals surface area contributed by atoms with Crippen molar-refractivity contribution in [2.24, 2.45) is 4.99 Å². The number of aliphatic imine (C=N–C) groups is 1. The molecule has 0 amide bonds. The highest BCUT2D eigenvalue weighted by molar-refractivity contribution is 6.62. The van der Waals surface area contributed by atoms with E-state index in [1.165, 1.54) is 12.4 Å². The molecule has 0 aromatic heterocycles. The molecule has 0 spiro atoms. The zero-order valence-electron chi connectivity index (χ0n) is 5.54. The van der Waals surface area contributed by atoms with E-state index in [1.54, 1.807) is 6.82 Å². The Morgan fingerprint density at radius 1 is 1.78 bits per heavy atom. The maximum atomic E-state index is 8.82. The van der Waals surface area contributed by atoms with Gasteiger partial charge in [-0.25, -0.2) is 0 Å². The third-order valence-corrected chi connectivity index (χ3v) is 0.882. The zero-order chi connectivity index (χ0) is 7.28. The number of rotatable bonds is 3. The van der Waals surface area contributed by atoms with Gasteiger partial charge in [0.1, 0.15) is 0 Å². The van der Waals surface area contributed by atoms with Crippen molar-refractivity contribution in [3.63, 3.8) is 0 Å². The molecule has 0 aliphatic carbocycles. The Morgan fingerprint density at radius 2 is 2.33 bits per heavy atom. The quantitative estimate of drug-likeness (QED) is 0.439. The fourth-order valence-corrected chi connectivity index (χ4v) is 0.256. The Hall–Kier alpha value is -0.825. The van der Waals surface area contributed by atoms with Crippen LogP contribution in [0.15, 0.2) is 29.8 Å². The first-order valence-electron chi connectivity index (χ1n) is 2.69. The Balaban J connectivity index is 3.76. The SMILES string of the molecule is C=CN=CC(=C)B(C)O. The van der Waals surface area contributed by atoms with Crippen LogP contribution in [0.1, 0.15) is 0 Å². The van der Waals surface area contributed by atoms with E-state index in [-0.39, 0.29) is 0 Å². The summed E-state index contributed by atoms with van der Waals surface area (Å²) in [6.07, 6.45) is 2.88. The van der Waals surface area contributed by atoms with Crippen LogP contribution in [-0.4, -0.2) is 18.2 Å². The predicted molar refractivity (Wildman–Crippen MR) is 41.7 cm³/mol. The molecule has 48 valence electrons. The van der Waals surface area contributed by atoms with Crippen LogP contribution in [0.3, 0.4) is 0 Å². The van der Waals surface area contributed by atoms with Gasteiger partial charge in [-0.15, -0.1) is 6.58 Å². The van der Waals surface area contributed by atoms with Crippen molar-refractivity contribution >= 4 is 13.1 Å². The van der Waals surface area contributed by atoms with Crippen molar-refractivity contribution < 1.29 is 5.02 Å². The molecule has 3 heteroatoms. The fourth-order valence-electron chi connectivity index (χ4n) is 0.256. The third-order valence-electron chi connectivity index (χ3n) is 0.882. The van der Waals surface area contributed by atoms with Crippen molar-refractivity contribution in [1.82, 2.24) is 0 Å². The number of hydrogen-bond donors (Lipinski definition) is 1. The van der Waals surface area contributed by atoms with E-state index >= 15 is 0 Å². The van der Waals surface area contributed by atoms with Crippen molar-refractivity contribution in [2.75, 3.05) is 0 Å². The van der Waals surface area contributed by atoms with Crippen LogP contribution < -0.4 is 0 Å². The monoisotopic (exact) mass is 123 g/mol. The molecule has 0 heterocycles. The Kier molecular flexibility index (Phi) is 3.72. The molecule has 0 saturated heterocycles. The molecule has 0 rings (SSSR count). The van der Waals surface area contributed by atoms with Gasteiger partial charge in [0.15, 0.2) is 0 Å². The highest BCUT2D eigenvalue weighted by atomic mass is 16.2. The molecule has 0 saturated carbocycles. The first kappa shape index (κ1) is 8.17. The van der Waals surface area contributed by atoms with Gasteiger partial charge in [0.2, 0.25) is 0 Å². The molecule has 0 bridgehead atoms. The van der Waals surface area contributed by atoms with Gasteiger partial charge in [-0.1, -0.05) is 13.4 Å². The summed E-state index contributed by atoms with van der Waals surface area (Å²) >= 11 is 0. The summed E-state index contributed by atoms with van der Waals surface area (Å²) < 4.78 is 0. The van der Waals surface area contributed by atoms with E-state index in [2.05, 4.69) is 18.2 Å². The van der Waals surface area contributed by atoms with Crippen LogP contribution in [0, 0.1) is 0 Å². The van der Waals surface area contributed by atoms with Gasteiger partial charge in [-0.3, -0.25) is 4.99 Å². The van der Waals surface area contributed by atoms with Crippen LogP contribution in [0.4, 0.5) is 0 Å². The average molecular weight is 123 g/mol. The van der Waals surface area contributed by atoms with E-state index in [9.17, 15) is 0 Å². The van der Waals surface area contributed by atoms with Crippen molar-refractivity contribution in [2.45, 2.75) is 6.82 Å². The minimum Gasteiger partial charge on any atom is -0.446 e. The summed E-state index contributed by atoms with van der Waals surface area (Å²) in [4.78, 5) is 3.67. The highest BCUT2D eigenvalue weighted by Crippen LogP contribution is 1.88. The lowest BCUT2D eigenvalue weighted by molar-refractivity contribution is 0.591. The minimum atomic E-state index is -0.520. The summed E-state index contributed by atoms with van der Waals surface area (Å²) in [5, 5.41) is 8.82. The van der Waals surface area contributed by atoms with Gasteiger partial charge >= 0.3 is 6.92 Å². The van der Waals surface area contributed by atoms with Gasteiger partial charge in [0.05, 0.1) is 0 Å².